The lowest BCUT2D eigenvalue weighted by atomic mass is 9.94. The number of fused-ring (bicyclic) bond motifs is 1. The number of nitrogens with two attached hydrogens (primary N) is 3. The predicted octanol–water partition coefficient (Wildman–Crippen LogP) is 0.723. The van der Waals surface area contributed by atoms with Crippen molar-refractivity contribution in [2.24, 2.45) is 34.0 Å². The van der Waals surface area contributed by atoms with Crippen LogP contribution >= 0.6 is 0 Å². The number of nitrogens with zero attached hydrogens (tertiary/aromatic N) is 1. The van der Waals surface area contributed by atoms with E-state index in [2.05, 4.69) is 25.9 Å². The number of hydrogen-bond donors (Lipinski definition) is 8. The third-order valence-corrected chi connectivity index (χ3v) is 7.60. The van der Waals surface area contributed by atoms with Crippen LogP contribution in [0, 0.1) is 11.8 Å². The van der Waals surface area contributed by atoms with Crippen molar-refractivity contribution < 1.29 is 24.3 Å². The Morgan fingerprint density at radius 1 is 0.929 bits per heavy atom. The van der Waals surface area contributed by atoms with Crippen LogP contribution in [0.25, 0.3) is 10.9 Å². The topological polar surface area (TPSA) is 231 Å². The second-order valence-electron chi connectivity index (χ2n) is 10.8. The van der Waals surface area contributed by atoms with E-state index in [0.29, 0.717) is 32.2 Å². The number of carboxylic acids is 1. The number of aromatic nitrogens is 1. The van der Waals surface area contributed by atoms with E-state index < -0.39 is 47.9 Å². The molecule has 2 rings (SSSR count). The van der Waals surface area contributed by atoms with Gasteiger partial charge in [-0.15, -0.1) is 0 Å². The lowest BCUT2D eigenvalue weighted by molar-refractivity contribution is -0.142. The van der Waals surface area contributed by atoms with E-state index in [9.17, 15) is 24.3 Å². The van der Waals surface area contributed by atoms with Gasteiger partial charge in [-0.2, -0.15) is 0 Å². The number of rotatable bonds is 17. The summed E-state index contributed by atoms with van der Waals surface area (Å²) in [5, 5.41) is 18.9. The van der Waals surface area contributed by atoms with Crippen LogP contribution in [0.3, 0.4) is 0 Å². The molecule has 232 valence electrons. The number of H-pyrrole nitrogens is 1. The highest BCUT2D eigenvalue weighted by Gasteiger charge is 2.34. The Labute approximate surface area is 246 Å². The van der Waals surface area contributed by atoms with Crippen molar-refractivity contribution in [3.63, 3.8) is 0 Å². The largest absolute Gasteiger partial charge is 0.480 e. The number of guanidine groups is 1. The first-order chi connectivity index (χ1) is 19.9. The number of aliphatic imine (C=N–C) groups is 1. The van der Waals surface area contributed by atoms with E-state index in [1.54, 1.807) is 13.1 Å². The van der Waals surface area contributed by atoms with Crippen molar-refractivity contribution in [3.05, 3.63) is 36.0 Å². The van der Waals surface area contributed by atoms with Crippen molar-refractivity contribution in [2.75, 3.05) is 6.54 Å². The standard InChI is InChI=1S/C29H46N8O5/c1-5-16(3)23(26(39)35-22(28(41)42)14-18-15-34-21-12-8-7-10-19(18)21)37-27(40)24(17(4)6-2)36-25(38)20(30)11-9-13-33-29(31)32/h7-8,10,12,15-17,20,22-24,34H,5-6,9,11,13-14,30H2,1-4H3,(H,35,39)(H,36,38)(H,37,40)(H,41,42)(H4,31,32,33). The highest BCUT2D eigenvalue weighted by molar-refractivity contribution is 5.94. The maximum atomic E-state index is 13.5. The fraction of sp³-hybridized carbons (Fsp3) is 0.552. The van der Waals surface area contributed by atoms with Crippen molar-refractivity contribution in [1.82, 2.24) is 20.9 Å². The van der Waals surface area contributed by atoms with Crippen LogP contribution in [-0.4, -0.2) is 70.5 Å². The Hall–Kier alpha value is -4.13. The predicted molar refractivity (Wildman–Crippen MR) is 162 cm³/mol. The second-order valence-corrected chi connectivity index (χ2v) is 10.8. The fourth-order valence-corrected chi connectivity index (χ4v) is 4.54. The SMILES string of the molecule is CCC(C)C(NC(=O)C(N)CCCN=C(N)N)C(=O)NC(C(=O)NC(Cc1c[nH]c2ccccc12)C(=O)O)C(C)CC. The summed E-state index contributed by atoms with van der Waals surface area (Å²) in [4.78, 5) is 58.9. The van der Waals surface area contributed by atoms with Gasteiger partial charge in [0.25, 0.3) is 0 Å². The maximum absolute atomic E-state index is 13.5. The van der Waals surface area contributed by atoms with Crippen LogP contribution < -0.4 is 33.2 Å². The molecule has 6 atom stereocenters. The van der Waals surface area contributed by atoms with Gasteiger partial charge in [-0.05, 0) is 36.3 Å². The summed E-state index contributed by atoms with van der Waals surface area (Å²) >= 11 is 0. The third-order valence-electron chi connectivity index (χ3n) is 7.60. The quantitative estimate of drug-likeness (QED) is 0.0746. The summed E-state index contributed by atoms with van der Waals surface area (Å²) in [5.41, 5.74) is 18.3. The number of amides is 3. The van der Waals surface area contributed by atoms with Crippen LogP contribution in [0.5, 0.6) is 0 Å². The zero-order chi connectivity index (χ0) is 31.4. The number of para-hydroxylation sites is 1. The van der Waals surface area contributed by atoms with Gasteiger partial charge in [-0.3, -0.25) is 19.4 Å². The molecule has 0 radical (unpaired) electrons. The molecule has 1 heterocycles. The molecule has 0 saturated carbocycles. The molecule has 13 nitrogen and oxygen atoms in total. The van der Waals surface area contributed by atoms with Crippen LogP contribution in [0.2, 0.25) is 0 Å². The molecule has 6 unspecified atom stereocenters. The monoisotopic (exact) mass is 586 g/mol. The van der Waals surface area contributed by atoms with Crippen LogP contribution in [0.15, 0.2) is 35.5 Å². The molecule has 0 saturated heterocycles. The average molecular weight is 587 g/mol. The average Bonchev–Trinajstić information content (AvgIpc) is 3.37. The van der Waals surface area contributed by atoms with E-state index in [1.165, 1.54) is 0 Å². The van der Waals surface area contributed by atoms with Gasteiger partial charge in [-0.1, -0.05) is 58.7 Å². The van der Waals surface area contributed by atoms with E-state index in [0.717, 1.165) is 16.5 Å². The van der Waals surface area contributed by atoms with Crippen LogP contribution in [0.1, 0.15) is 58.9 Å². The first kappa shape index (κ1) is 34.1. The Balaban J connectivity index is 2.15. The summed E-state index contributed by atoms with van der Waals surface area (Å²) in [6.45, 7) is 7.68. The normalized spacial score (nSPS) is 15.5. The second kappa shape index (κ2) is 16.3. The molecular weight excluding hydrogens is 540 g/mol. The highest BCUT2D eigenvalue weighted by atomic mass is 16.4. The summed E-state index contributed by atoms with van der Waals surface area (Å²) in [5.74, 6) is -3.49. The lowest BCUT2D eigenvalue weighted by Crippen LogP contribution is -2.60. The van der Waals surface area contributed by atoms with Gasteiger partial charge >= 0.3 is 5.97 Å². The molecule has 3 amide bonds. The molecule has 13 heteroatoms. The molecule has 0 aliphatic carbocycles. The Kier molecular flexibility index (Phi) is 13.3. The Morgan fingerprint density at radius 2 is 1.50 bits per heavy atom. The minimum absolute atomic E-state index is 0.0472. The zero-order valence-corrected chi connectivity index (χ0v) is 24.9. The number of nitrogens with one attached hydrogen (secondary N) is 4. The molecule has 2 aromatic rings. The van der Waals surface area contributed by atoms with Gasteiger partial charge in [0.2, 0.25) is 17.7 Å². The number of benzene rings is 1. The summed E-state index contributed by atoms with van der Waals surface area (Å²) in [6, 6.07) is 3.41. The number of carboxylic acid groups (broad SMARTS) is 1. The zero-order valence-electron chi connectivity index (χ0n) is 24.9. The maximum Gasteiger partial charge on any atom is 0.326 e. The van der Waals surface area contributed by atoms with Crippen molar-refractivity contribution in [2.45, 2.75) is 84.0 Å². The van der Waals surface area contributed by atoms with E-state index in [-0.39, 0.29) is 24.2 Å². The van der Waals surface area contributed by atoms with E-state index in [4.69, 9.17) is 17.2 Å². The van der Waals surface area contributed by atoms with Gasteiger partial charge in [-0.25, -0.2) is 4.79 Å². The summed E-state index contributed by atoms with van der Waals surface area (Å²) in [7, 11) is 0. The fourth-order valence-electron chi connectivity index (χ4n) is 4.54. The molecule has 11 N–H and O–H groups in total. The summed E-state index contributed by atoms with van der Waals surface area (Å²) in [6.07, 6.45) is 3.68. The van der Waals surface area contributed by atoms with Gasteiger partial charge in [0.1, 0.15) is 18.1 Å². The Bertz CT molecular complexity index is 1240. The Morgan fingerprint density at radius 3 is 2.07 bits per heavy atom. The van der Waals surface area contributed by atoms with E-state index in [1.807, 2.05) is 45.0 Å². The van der Waals surface area contributed by atoms with Crippen LogP contribution in [-0.2, 0) is 25.6 Å². The molecule has 0 aliphatic rings. The number of hydrogen-bond acceptors (Lipinski definition) is 6. The molecule has 1 aromatic heterocycles. The minimum atomic E-state index is -1.22. The van der Waals surface area contributed by atoms with Crippen molar-refractivity contribution >= 4 is 40.6 Å². The third kappa shape index (κ3) is 9.75. The molecule has 0 spiro atoms. The molecule has 0 bridgehead atoms. The first-order valence-corrected chi connectivity index (χ1v) is 14.4. The van der Waals surface area contributed by atoms with Gasteiger partial charge in [0.05, 0.1) is 6.04 Å². The molecule has 0 fully saturated rings. The molecular formula is C29H46N8O5. The van der Waals surface area contributed by atoms with Gasteiger partial charge < -0.3 is 43.2 Å². The first-order valence-electron chi connectivity index (χ1n) is 14.4. The smallest absolute Gasteiger partial charge is 0.326 e. The molecule has 42 heavy (non-hydrogen) atoms. The van der Waals surface area contributed by atoms with Crippen molar-refractivity contribution in [3.8, 4) is 0 Å². The summed E-state index contributed by atoms with van der Waals surface area (Å²) < 4.78 is 0. The van der Waals surface area contributed by atoms with Crippen LogP contribution in [0.4, 0.5) is 0 Å². The number of carbonyl (C=O) groups excluding carboxylic acids is 3. The lowest BCUT2D eigenvalue weighted by Gasteiger charge is -2.30. The number of aromatic amines is 1. The van der Waals surface area contributed by atoms with Gasteiger partial charge in [0.15, 0.2) is 5.96 Å². The number of carbonyl (C=O) groups is 4. The number of aliphatic carboxylic acids is 1. The molecule has 0 aliphatic heterocycles. The van der Waals surface area contributed by atoms with Gasteiger partial charge in [0, 0.05) is 30.1 Å². The molecule has 1 aromatic carbocycles. The van der Waals surface area contributed by atoms with Crippen molar-refractivity contribution in [1.29, 1.82) is 0 Å². The van der Waals surface area contributed by atoms with E-state index >= 15 is 0 Å². The highest BCUT2D eigenvalue weighted by Crippen LogP contribution is 2.20. The minimum Gasteiger partial charge on any atom is -0.480 e.